The van der Waals surface area contributed by atoms with E-state index in [2.05, 4.69) is 15.2 Å². The van der Waals surface area contributed by atoms with E-state index in [1.807, 2.05) is 12.1 Å². The zero-order valence-electron chi connectivity index (χ0n) is 15.4. The molecular weight excluding hydrogens is 334 g/mol. The summed E-state index contributed by atoms with van der Waals surface area (Å²) >= 11 is 0. The second-order valence-electron chi connectivity index (χ2n) is 6.67. The van der Waals surface area contributed by atoms with Gasteiger partial charge in [0.05, 0.1) is 19.7 Å². The molecule has 1 aromatic carbocycles. The molecule has 1 fully saturated rings. The maximum Gasteiger partial charge on any atom is 0.252 e. The largest absolute Gasteiger partial charge is 0.493 e. The van der Waals surface area contributed by atoms with E-state index < -0.39 is 0 Å². The van der Waals surface area contributed by atoms with Gasteiger partial charge in [-0.25, -0.2) is 0 Å². The number of nitrogens with zero attached hydrogens (tertiary/aromatic N) is 1. The molecule has 0 bridgehead atoms. The first kappa shape index (κ1) is 18.3. The highest BCUT2D eigenvalue weighted by Gasteiger charge is 2.20. The molecule has 2 aromatic rings. The Morgan fingerprint density at radius 2 is 1.85 bits per heavy atom. The molecule has 1 aliphatic heterocycles. The summed E-state index contributed by atoms with van der Waals surface area (Å²) in [6, 6.07) is 5.79. The number of fused-ring (bicyclic) bond motifs is 1. The third kappa shape index (κ3) is 3.99. The van der Waals surface area contributed by atoms with E-state index in [1.165, 1.54) is 0 Å². The molecule has 1 aromatic heterocycles. The number of carbonyl (C=O) groups is 1. The summed E-state index contributed by atoms with van der Waals surface area (Å²) in [6.07, 6.45) is 1.80. The highest BCUT2D eigenvalue weighted by Crippen LogP contribution is 2.31. The van der Waals surface area contributed by atoms with E-state index in [0.717, 1.165) is 42.4 Å². The van der Waals surface area contributed by atoms with Crippen molar-refractivity contribution in [3.63, 3.8) is 0 Å². The predicted octanol–water partition coefficient (Wildman–Crippen LogP) is 1.65. The molecular formula is C19H25N3O4. The second kappa shape index (κ2) is 7.78. The Labute approximate surface area is 152 Å². The summed E-state index contributed by atoms with van der Waals surface area (Å²) < 4.78 is 10.6. The molecule has 0 saturated carbocycles. The van der Waals surface area contributed by atoms with Gasteiger partial charge in [0.1, 0.15) is 0 Å². The van der Waals surface area contributed by atoms with Crippen molar-refractivity contribution in [2.75, 3.05) is 27.3 Å². The van der Waals surface area contributed by atoms with Crippen LogP contribution in [0.5, 0.6) is 11.5 Å². The molecule has 1 saturated heterocycles. The molecule has 1 amide bonds. The van der Waals surface area contributed by atoms with Gasteiger partial charge in [0, 0.05) is 49.6 Å². The lowest BCUT2D eigenvalue weighted by molar-refractivity contribution is -0.119. The van der Waals surface area contributed by atoms with Crippen LogP contribution >= 0.6 is 0 Å². The van der Waals surface area contributed by atoms with Crippen LogP contribution in [-0.2, 0) is 11.3 Å². The fourth-order valence-corrected chi connectivity index (χ4v) is 3.46. The van der Waals surface area contributed by atoms with Crippen molar-refractivity contribution in [2.24, 2.45) is 0 Å². The quantitative estimate of drug-likeness (QED) is 0.848. The third-order valence-corrected chi connectivity index (χ3v) is 4.81. The van der Waals surface area contributed by atoms with E-state index in [4.69, 9.17) is 9.47 Å². The van der Waals surface area contributed by atoms with Gasteiger partial charge in [-0.15, -0.1) is 0 Å². The first-order valence-corrected chi connectivity index (χ1v) is 8.77. The van der Waals surface area contributed by atoms with Gasteiger partial charge < -0.3 is 19.8 Å². The molecule has 3 rings (SSSR count). The SMILES string of the molecule is COc1cc2cc(CN3CCC(NC(C)=O)CC3)c(=O)[nH]c2cc1OC. The lowest BCUT2D eigenvalue weighted by Crippen LogP contribution is -2.44. The number of aromatic amines is 1. The van der Waals surface area contributed by atoms with Crippen LogP contribution in [0.15, 0.2) is 23.0 Å². The third-order valence-electron chi connectivity index (χ3n) is 4.81. The molecule has 0 spiro atoms. The van der Waals surface area contributed by atoms with Crippen LogP contribution in [0.2, 0.25) is 0 Å². The summed E-state index contributed by atoms with van der Waals surface area (Å²) in [5.74, 6) is 1.23. The van der Waals surface area contributed by atoms with Crippen LogP contribution in [0.3, 0.4) is 0 Å². The average Bonchev–Trinajstić information content (AvgIpc) is 2.62. The molecule has 1 aliphatic rings. The number of benzene rings is 1. The molecule has 7 heteroatoms. The number of aromatic nitrogens is 1. The number of hydrogen-bond donors (Lipinski definition) is 2. The topological polar surface area (TPSA) is 83.7 Å². The van der Waals surface area contributed by atoms with Gasteiger partial charge in [-0.3, -0.25) is 14.5 Å². The fourth-order valence-electron chi connectivity index (χ4n) is 3.46. The predicted molar refractivity (Wildman–Crippen MR) is 99.8 cm³/mol. The number of amides is 1. The number of rotatable bonds is 5. The molecule has 0 aliphatic carbocycles. The first-order chi connectivity index (χ1) is 12.5. The molecule has 0 atom stereocenters. The van der Waals surface area contributed by atoms with Gasteiger partial charge in [0.25, 0.3) is 5.56 Å². The van der Waals surface area contributed by atoms with Crippen molar-refractivity contribution in [1.29, 1.82) is 0 Å². The summed E-state index contributed by atoms with van der Waals surface area (Å²) in [6.45, 7) is 3.85. The summed E-state index contributed by atoms with van der Waals surface area (Å²) in [4.78, 5) is 28.8. The maximum absolute atomic E-state index is 12.5. The Morgan fingerprint density at radius 3 is 2.46 bits per heavy atom. The number of methoxy groups -OCH3 is 2. The molecule has 140 valence electrons. The maximum atomic E-state index is 12.5. The van der Waals surface area contributed by atoms with E-state index in [9.17, 15) is 9.59 Å². The van der Waals surface area contributed by atoms with E-state index in [1.54, 1.807) is 27.2 Å². The number of carbonyl (C=O) groups excluding carboxylic acids is 1. The van der Waals surface area contributed by atoms with Gasteiger partial charge in [-0.1, -0.05) is 0 Å². The normalized spacial score (nSPS) is 15.8. The molecule has 26 heavy (non-hydrogen) atoms. The van der Waals surface area contributed by atoms with Crippen LogP contribution in [0.4, 0.5) is 0 Å². The Bertz CT molecular complexity index is 854. The van der Waals surface area contributed by atoms with Crippen molar-refractivity contribution in [3.8, 4) is 11.5 Å². The summed E-state index contributed by atoms with van der Waals surface area (Å²) in [5, 5.41) is 3.87. The van der Waals surface area contributed by atoms with Gasteiger partial charge in [-0.2, -0.15) is 0 Å². The van der Waals surface area contributed by atoms with Crippen LogP contribution in [-0.4, -0.2) is 49.1 Å². The van der Waals surface area contributed by atoms with E-state index in [0.29, 0.717) is 18.0 Å². The van der Waals surface area contributed by atoms with Gasteiger partial charge >= 0.3 is 0 Å². The molecule has 7 nitrogen and oxygen atoms in total. The fraction of sp³-hybridized carbons (Fsp3) is 0.474. The Balaban J connectivity index is 1.77. The van der Waals surface area contributed by atoms with Crippen molar-refractivity contribution in [3.05, 3.63) is 34.1 Å². The highest BCUT2D eigenvalue weighted by molar-refractivity contribution is 5.83. The monoisotopic (exact) mass is 359 g/mol. The van der Waals surface area contributed by atoms with Crippen LogP contribution in [0, 0.1) is 0 Å². The minimum absolute atomic E-state index is 0.0128. The molecule has 2 heterocycles. The Hall–Kier alpha value is -2.54. The number of likely N-dealkylation sites (tertiary alicyclic amines) is 1. The number of hydrogen-bond acceptors (Lipinski definition) is 5. The van der Waals surface area contributed by atoms with Crippen LogP contribution < -0.4 is 20.3 Å². The van der Waals surface area contributed by atoms with Crippen LogP contribution in [0.1, 0.15) is 25.3 Å². The van der Waals surface area contributed by atoms with Crippen molar-refractivity contribution in [2.45, 2.75) is 32.4 Å². The van der Waals surface area contributed by atoms with E-state index in [-0.39, 0.29) is 17.5 Å². The zero-order valence-corrected chi connectivity index (χ0v) is 15.4. The smallest absolute Gasteiger partial charge is 0.252 e. The number of piperidine rings is 1. The average molecular weight is 359 g/mol. The number of nitrogens with one attached hydrogen (secondary N) is 2. The van der Waals surface area contributed by atoms with Gasteiger partial charge in [0.15, 0.2) is 11.5 Å². The second-order valence-corrected chi connectivity index (χ2v) is 6.67. The van der Waals surface area contributed by atoms with Gasteiger partial charge in [0.2, 0.25) is 5.91 Å². The lowest BCUT2D eigenvalue weighted by atomic mass is 10.0. The lowest BCUT2D eigenvalue weighted by Gasteiger charge is -2.32. The summed E-state index contributed by atoms with van der Waals surface area (Å²) in [5.41, 5.74) is 1.36. The minimum atomic E-state index is -0.0892. The van der Waals surface area contributed by atoms with Gasteiger partial charge in [-0.05, 0) is 25.0 Å². The standard InChI is InChI=1S/C19H25N3O4/c1-12(23)20-15-4-6-22(7-5-15)11-14-8-13-9-17(25-2)18(26-3)10-16(13)21-19(14)24/h8-10,15H,4-7,11H2,1-3H3,(H,20,23)(H,21,24). The zero-order chi connectivity index (χ0) is 18.7. The highest BCUT2D eigenvalue weighted by atomic mass is 16.5. The van der Waals surface area contributed by atoms with Crippen molar-refractivity contribution >= 4 is 16.8 Å². The first-order valence-electron chi connectivity index (χ1n) is 8.77. The molecule has 0 unspecified atom stereocenters. The van der Waals surface area contributed by atoms with Crippen molar-refractivity contribution in [1.82, 2.24) is 15.2 Å². The Kier molecular flexibility index (Phi) is 5.46. The minimum Gasteiger partial charge on any atom is -0.493 e. The van der Waals surface area contributed by atoms with Crippen molar-refractivity contribution < 1.29 is 14.3 Å². The molecule has 0 radical (unpaired) electrons. The number of H-pyrrole nitrogens is 1. The van der Waals surface area contributed by atoms with Crippen LogP contribution in [0.25, 0.3) is 10.9 Å². The molecule has 2 N–H and O–H groups in total. The van der Waals surface area contributed by atoms with E-state index >= 15 is 0 Å². The Morgan fingerprint density at radius 1 is 1.19 bits per heavy atom. The summed E-state index contributed by atoms with van der Waals surface area (Å²) in [7, 11) is 3.16. The number of pyridine rings is 1. The number of ether oxygens (including phenoxy) is 2.